The highest BCUT2D eigenvalue weighted by atomic mass is 16.6. The number of esters is 1. The molecule has 3 aliphatic rings. The molecule has 6 heteroatoms. The van der Waals surface area contributed by atoms with Gasteiger partial charge in [0.05, 0.1) is 0 Å². The average molecular weight is 312 g/mol. The highest BCUT2D eigenvalue weighted by molar-refractivity contribution is 5.96. The van der Waals surface area contributed by atoms with Gasteiger partial charge in [-0.15, -0.1) is 0 Å². The first-order valence-electron chi connectivity index (χ1n) is 7.80. The van der Waals surface area contributed by atoms with Gasteiger partial charge in [0.2, 0.25) is 0 Å². The summed E-state index contributed by atoms with van der Waals surface area (Å²) in [5.74, 6) is -1.24. The molecule has 0 aliphatic carbocycles. The van der Waals surface area contributed by atoms with Crippen molar-refractivity contribution in [1.29, 1.82) is 0 Å². The predicted molar refractivity (Wildman–Crippen MR) is 77.1 cm³/mol. The van der Waals surface area contributed by atoms with Gasteiger partial charge in [0.15, 0.2) is 17.2 Å². The van der Waals surface area contributed by atoms with Gasteiger partial charge in [0.1, 0.15) is 18.3 Å². The van der Waals surface area contributed by atoms with Gasteiger partial charge in [0.25, 0.3) is 0 Å². The van der Waals surface area contributed by atoms with E-state index in [2.05, 4.69) is 0 Å². The van der Waals surface area contributed by atoms with E-state index in [-0.39, 0.29) is 36.9 Å². The lowest BCUT2D eigenvalue weighted by atomic mass is 9.81. The van der Waals surface area contributed by atoms with Gasteiger partial charge < -0.3 is 14.6 Å². The largest absolute Gasteiger partial charge is 0.462 e. The molecule has 0 spiro atoms. The van der Waals surface area contributed by atoms with Crippen molar-refractivity contribution in [2.75, 3.05) is 6.61 Å². The molecule has 3 aliphatic heterocycles. The maximum Gasteiger partial charge on any atom is 0.306 e. The number of aliphatic hydroxyl groups is 1. The van der Waals surface area contributed by atoms with E-state index in [4.69, 9.17) is 9.47 Å². The molecule has 3 heterocycles. The maximum atomic E-state index is 12.2. The summed E-state index contributed by atoms with van der Waals surface area (Å²) in [6.45, 7) is 4.50. The monoisotopic (exact) mass is 312 g/mol. The van der Waals surface area contributed by atoms with Crippen molar-refractivity contribution < 1.29 is 29.0 Å². The third-order valence-electron chi connectivity index (χ3n) is 4.61. The fourth-order valence-corrected chi connectivity index (χ4v) is 3.10. The molecular weight excluding hydrogens is 288 g/mol. The number of fused-ring (bicyclic) bond motifs is 10. The van der Waals surface area contributed by atoms with Crippen molar-refractivity contribution in [1.82, 2.24) is 0 Å². The third kappa shape index (κ3) is 3.38. The van der Waals surface area contributed by atoms with Crippen molar-refractivity contribution in [3.05, 3.63) is 0 Å². The fraction of sp³-hybridized carbons (Fsp3) is 0.812. The molecule has 0 saturated carbocycles. The van der Waals surface area contributed by atoms with Gasteiger partial charge in [0, 0.05) is 12.3 Å². The van der Waals surface area contributed by atoms with Crippen LogP contribution in [0.1, 0.15) is 52.9 Å². The standard InChI is InChI=1S/C16H24O6/c1-10-5-4-8-16(3)14(19)11(22-16)6-7-12(17)21-9-15(2,20)13(10)18/h10-11,20H,4-9H2,1-3H3/t10-,11?,15+,16-/m0/s1. The zero-order valence-electron chi connectivity index (χ0n) is 13.4. The van der Waals surface area contributed by atoms with Crippen molar-refractivity contribution in [3.63, 3.8) is 0 Å². The number of carbonyl (C=O) groups is 3. The van der Waals surface area contributed by atoms with Gasteiger partial charge >= 0.3 is 5.97 Å². The topological polar surface area (TPSA) is 89.9 Å². The van der Waals surface area contributed by atoms with E-state index in [0.717, 1.165) is 0 Å². The van der Waals surface area contributed by atoms with Gasteiger partial charge in [-0.2, -0.15) is 0 Å². The molecule has 0 aromatic rings. The van der Waals surface area contributed by atoms with Crippen LogP contribution in [0.4, 0.5) is 0 Å². The van der Waals surface area contributed by atoms with Crippen LogP contribution in [0.25, 0.3) is 0 Å². The van der Waals surface area contributed by atoms with Crippen LogP contribution in [0.3, 0.4) is 0 Å². The van der Waals surface area contributed by atoms with Crippen LogP contribution in [0.5, 0.6) is 0 Å². The summed E-state index contributed by atoms with van der Waals surface area (Å²) in [7, 11) is 0. The lowest BCUT2D eigenvalue weighted by Crippen LogP contribution is -2.59. The minimum atomic E-state index is -1.67. The number of hydrogen-bond acceptors (Lipinski definition) is 6. The summed E-state index contributed by atoms with van der Waals surface area (Å²) < 4.78 is 10.6. The Labute approximate surface area is 130 Å². The molecule has 1 N–H and O–H groups in total. The first kappa shape index (κ1) is 17.1. The van der Waals surface area contributed by atoms with Crippen molar-refractivity contribution in [2.24, 2.45) is 5.92 Å². The number of rotatable bonds is 0. The van der Waals surface area contributed by atoms with Gasteiger partial charge in [-0.1, -0.05) is 6.92 Å². The SMILES string of the molecule is C[C@H]1CCC[C@]2(C)OC(CCC(=O)OC[C@@](C)(O)C1=O)C2=O. The second kappa shape index (κ2) is 6.08. The van der Waals surface area contributed by atoms with Gasteiger partial charge in [-0.25, -0.2) is 0 Å². The quantitative estimate of drug-likeness (QED) is 0.675. The number of hydrogen-bond donors (Lipinski definition) is 1. The molecule has 124 valence electrons. The van der Waals surface area contributed by atoms with E-state index in [0.29, 0.717) is 19.3 Å². The molecule has 0 aromatic heterocycles. The molecule has 2 bridgehead atoms. The lowest BCUT2D eigenvalue weighted by Gasteiger charge is -2.44. The van der Waals surface area contributed by atoms with E-state index in [1.165, 1.54) is 6.92 Å². The van der Waals surface area contributed by atoms with Crippen LogP contribution in [-0.2, 0) is 23.9 Å². The van der Waals surface area contributed by atoms with E-state index in [9.17, 15) is 19.5 Å². The molecule has 3 fully saturated rings. The molecular formula is C16H24O6. The predicted octanol–water partition coefficient (Wildman–Crippen LogP) is 1.18. The molecule has 0 amide bonds. The lowest BCUT2D eigenvalue weighted by molar-refractivity contribution is -0.201. The second-order valence-electron chi connectivity index (χ2n) is 6.83. The third-order valence-corrected chi connectivity index (χ3v) is 4.61. The van der Waals surface area contributed by atoms with Crippen LogP contribution < -0.4 is 0 Å². The smallest absolute Gasteiger partial charge is 0.306 e. The molecule has 6 nitrogen and oxygen atoms in total. The van der Waals surface area contributed by atoms with E-state index < -0.39 is 23.3 Å². The van der Waals surface area contributed by atoms with E-state index in [1.807, 2.05) is 0 Å². The zero-order valence-corrected chi connectivity index (χ0v) is 13.4. The summed E-state index contributed by atoms with van der Waals surface area (Å²) in [4.78, 5) is 36.0. The molecule has 4 atom stereocenters. The first-order chi connectivity index (χ1) is 10.2. The maximum absolute atomic E-state index is 12.2. The fourth-order valence-electron chi connectivity index (χ4n) is 3.10. The summed E-state index contributed by atoms with van der Waals surface area (Å²) in [6, 6.07) is 0. The molecule has 0 radical (unpaired) electrons. The Morgan fingerprint density at radius 1 is 1.14 bits per heavy atom. The Kier molecular flexibility index (Phi) is 4.73. The molecule has 22 heavy (non-hydrogen) atoms. The number of ether oxygens (including phenoxy) is 2. The highest BCUT2D eigenvalue weighted by Gasteiger charge is 2.50. The Morgan fingerprint density at radius 2 is 1.82 bits per heavy atom. The summed E-state index contributed by atoms with van der Waals surface area (Å²) >= 11 is 0. The minimum absolute atomic E-state index is 0.0170. The van der Waals surface area contributed by atoms with Crippen molar-refractivity contribution >= 4 is 17.5 Å². The zero-order chi connectivity index (χ0) is 16.5. The Morgan fingerprint density at radius 3 is 2.45 bits per heavy atom. The van der Waals surface area contributed by atoms with Gasteiger partial charge in [-0.3, -0.25) is 14.4 Å². The first-order valence-corrected chi connectivity index (χ1v) is 7.80. The van der Waals surface area contributed by atoms with E-state index in [1.54, 1.807) is 13.8 Å². The van der Waals surface area contributed by atoms with Gasteiger partial charge in [-0.05, 0) is 39.5 Å². The van der Waals surface area contributed by atoms with Crippen LogP contribution in [0.15, 0.2) is 0 Å². The van der Waals surface area contributed by atoms with Crippen LogP contribution in [-0.4, -0.2) is 46.6 Å². The normalized spacial score (nSPS) is 41.4. The highest BCUT2D eigenvalue weighted by Crippen LogP contribution is 2.36. The summed E-state index contributed by atoms with van der Waals surface area (Å²) in [5.41, 5.74) is -2.47. The summed E-state index contributed by atoms with van der Waals surface area (Å²) in [6.07, 6.45) is 1.54. The second-order valence-corrected chi connectivity index (χ2v) is 6.83. The van der Waals surface area contributed by atoms with Crippen LogP contribution >= 0.6 is 0 Å². The number of Topliss-reactive ketones (excluding diaryl/α,β-unsaturated/α-hetero) is 2. The Hall–Kier alpha value is -1.27. The van der Waals surface area contributed by atoms with Crippen molar-refractivity contribution in [3.8, 4) is 0 Å². The Bertz CT molecular complexity index is 483. The number of ketones is 2. The Balaban J connectivity index is 2.08. The van der Waals surface area contributed by atoms with Crippen LogP contribution in [0, 0.1) is 5.92 Å². The number of carbonyl (C=O) groups excluding carboxylic acids is 3. The van der Waals surface area contributed by atoms with Crippen LogP contribution in [0.2, 0.25) is 0 Å². The minimum Gasteiger partial charge on any atom is -0.462 e. The molecule has 3 saturated heterocycles. The summed E-state index contributed by atoms with van der Waals surface area (Å²) in [5, 5.41) is 10.2. The molecule has 1 unspecified atom stereocenters. The van der Waals surface area contributed by atoms with Crippen molar-refractivity contribution in [2.45, 2.75) is 70.2 Å². The van der Waals surface area contributed by atoms with E-state index >= 15 is 0 Å². The average Bonchev–Trinajstić information content (AvgIpc) is 2.47. The molecule has 0 aromatic carbocycles. The molecule has 3 rings (SSSR count).